The van der Waals surface area contributed by atoms with E-state index in [1.165, 1.54) is 34.7 Å². The van der Waals surface area contributed by atoms with Gasteiger partial charge in [-0.3, -0.25) is 4.79 Å². The zero-order chi connectivity index (χ0) is 13.8. The Balaban J connectivity index is 0.000000167. The Labute approximate surface area is 113 Å². The molecule has 0 amide bonds. The third kappa shape index (κ3) is 3.32. The number of benzene rings is 2. The lowest BCUT2D eigenvalue weighted by Crippen LogP contribution is -2.18. The molecule has 2 aromatic rings. The molecule has 0 heterocycles. The first-order valence-corrected chi connectivity index (χ1v) is 6.55. The molecule has 0 bridgehead atoms. The average molecular weight is 257 g/mol. The maximum absolute atomic E-state index is 9.73. The summed E-state index contributed by atoms with van der Waals surface area (Å²) < 4.78 is 0. The van der Waals surface area contributed by atoms with Crippen molar-refractivity contribution in [2.45, 2.75) is 32.2 Å². The fourth-order valence-corrected chi connectivity index (χ4v) is 2.46. The van der Waals surface area contributed by atoms with Gasteiger partial charge < -0.3 is 10.8 Å². The summed E-state index contributed by atoms with van der Waals surface area (Å²) in [7, 11) is 0. The zero-order valence-corrected chi connectivity index (χ0v) is 11.1. The van der Waals surface area contributed by atoms with Crippen molar-refractivity contribution in [3.05, 3.63) is 47.5 Å². The van der Waals surface area contributed by atoms with E-state index in [1.807, 2.05) is 0 Å². The van der Waals surface area contributed by atoms with Crippen LogP contribution < -0.4 is 5.73 Å². The van der Waals surface area contributed by atoms with Gasteiger partial charge in [-0.05, 0) is 41.7 Å². The van der Waals surface area contributed by atoms with Crippen LogP contribution in [-0.2, 0) is 17.6 Å². The van der Waals surface area contributed by atoms with E-state index in [1.54, 1.807) is 6.92 Å². The second-order valence-corrected chi connectivity index (χ2v) is 5.01. The molecule has 1 aliphatic rings. The Bertz CT molecular complexity index is 552. The zero-order valence-electron chi connectivity index (χ0n) is 11.1. The third-order valence-electron chi connectivity index (χ3n) is 3.24. The van der Waals surface area contributed by atoms with Gasteiger partial charge in [-0.2, -0.15) is 0 Å². The molecule has 0 aromatic heterocycles. The largest absolute Gasteiger partial charge is 0.481 e. The summed E-state index contributed by atoms with van der Waals surface area (Å²) >= 11 is 0. The molecule has 3 nitrogen and oxygen atoms in total. The van der Waals surface area contributed by atoms with Gasteiger partial charge in [0.15, 0.2) is 0 Å². The van der Waals surface area contributed by atoms with Gasteiger partial charge in [0, 0.05) is 6.04 Å². The van der Waals surface area contributed by atoms with Gasteiger partial charge in [-0.15, -0.1) is 0 Å². The normalized spacial score (nSPS) is 13.8. The van der Waals surface area contributed by atoms with E-state index in [9.17, 15) is 4.79 Å². The maximum atomic E-state index is 9.73. The molecule has 1 unspecified atom stereocenters. The van der Waals surface area contributed by atoms with Crippen molar-refractivity contribution in [3.8, 4) is 0 Å². The van der Waals surface area contributed by atoms with Crippen LogP contribution in [0.5, 0.6) is 0 Å². The number of aryl methyl sites for hydroxylation is 2. The molecule has 0 radical (unpaired) electrons. The monoisotopic (exact) mass is 257 g/mol. The summed E-state index contributed by atoms with van der Waals surface area (Å²) in [6.45, 7) is 1.66. The molecule has 0 spiro atoms. The van der Waals surface area contributed by atoms with Crippen LogP contribution in [0.3, 0.4) is 0 Å². The quantitative estimate of drug-likeness (QED) is 0.869. The fraction of sp³-hybridized carbons (Fsp3) is 0.312. The molecule has 3 rings (SSSR count). The number of hydrogen-bond donors (Lipinski definition) is 2. The molecule has 1 atom stereocenters. The van der Waals surface area contributed by atoms with Crippen molar-refractivity contribution < 1.29 is 9.90 Å². The van der Waals surface area contributed by atoms with Crippen LogP contribution in [0.15, 0.2) is 36.4 Å². The molecule has 0 saturated carbocycles. The van der Waals surface area contributed by atoms with Gasteiger partial charge in [0.25, 0.3) is 0 Å². The van der Waals surface area contributed by atoms with Crippen LogP contribution in [0.1, 0.15) is 24.5 Å². The molecule has 0 aliphatic heterocycles. The number of rotatable bonds is 2. The Kier molecular flexibility index (Phi) is 4.17. The lowest BCUT2D eigenvalue weighted by molar-refractivity contribution is -0.137. The summed E-state index contributed by atoms with van der Waals surface area (Å²) in [5, 5.41) is 10.9. The number of carbonyl (C=O) groups is 1. The van der Waals surface area contributed by atoms with Crippen molar-refractivity contribution in [1.82, 2.24) is 0 Å². The molecule has 2 aromatic carbocycles. The smallest absolute Gasteiger partial charge is 0.304 e. The number of hydrogen-bond acceptors (Lipinski definition) is 2. The topological polar surface area (TPSA) is 63.3 Å². The fourth-order valence-electron chi connectivity index (χ4n) is 2.46. The molecule has 0 fully saturated rings. The van der Waals surface area contributed by atoms with Gasteiger partial charge in [0.05, 0.1) is 6.42 Å². The molecule has 19 heavy (non-hydrogen) atoms. The molecular formula is C16H19NO2. The predicted octanol–water partition coefficient (Wildman–Crippen LogP) is 2.75. The lowest BCUT2D eigenvalue weighted by atomic mass is 10.1. The van der Waals surface area contributed by atoms with E-state index < -0.39 is 5.97 Å². The van der Waals surface area contributed by atoms with Crippen LogP contribution in [0, 0.1) is 0 Å². The molecule has 1 aliphatic carbocycles. The van der Waals surface area contributed by atoms with E-state index in [0.29, 0.717) is 0 Å². The second-order valence-electron chi connectivity index (χ2n) is 5.01. The highest BCUT2D eigenvalue weighted by Crippen LogP contribution is 2.29. The van der Waals surface area contributed by atoms with Gasteiger partial charge in [0.1, 0.15) is 0 Å². The minimum atomic E-state index is -0.838. The lowest BCUT2D eigenvalue weighted by Gasteiger charge is -1.99. The number of carboxylic acid groups (broad SMARTS) is 1. The van der Waals surface area contributed by atoms with Gasteiger partial charge in [-0.1, -0.05) is 36.4 Å². The highest BCUT2D eigenvalue weighted by molar-refractivity contribution is 5.90. The molecular weight excluding hydrogens is 238 g/mol. The maximum Gasteiger partial charge on any atom is 0.304 e. The van der Waals surface area contributed by atoms with E-state index >= 15 is 0 Å². The van der Waals surface area contributed by atoms with Crippen LogP contribution >= 0.6 is 0 Å². The van der Waals surface area contributed by atoms with Crippen molar-refractivity contribution in [2.24, 2.45) is 5.73 Å². The van der Waals surface area contributed by atoms with E-state index in [0.717, 1.165) is 0 Å². The number of aliphatic carboxylic acids is 1. The second kappa shape index (κ2) is 5.85. The predicted molar refractivity (Wildman–Crippen MR) is 77.3 cm³/mol. The summed E-state index contributed by atoms with van der Waals surface area (Å²) in [6.07, 6.45) is 2.52. The summed E-state index contributed by atoms with van der Waals surface area (Å²) in [6, 6.07) is 13.0. The molecule has 3 N–H and O–H groups in total. The Morgan fingerprint density at radius 2 is 1.74 bits per heavy atom. The molecule has 100 valence electrons. The van der Waals surface area contributed by atoms with Crippen LogP contribution in [0.2, 0.25) is 0 Å². The Morgan fingerprint density at radius 3 is 2.11 bits per heavy atom. The summed E-state index contributed by atoms with van der Waals surface area (Å²) in [5.74, 6) is -0.838. The SMILES string of the molecule is CC(N)CC(=O)O.c1cc2c3c(cccc3c1)CC2. The summed E-state index contributed by atoms with van der Waals surface area (Å²) in [4.78, 5) is 9.73. The first-order valence-electron chi connectivity index (χ1n) is 6.55. The Morgan fingerprint density at radius 1 is 1.21 bits per heavy atom. The van der Waals surface area contributed by atoms with E-state index in [4.69, 9.17) is 10.8 Å². The van der Waals surface area contributed by atoms with Crippen molar-refractivity contribution in [3.63, 3.8) is 0 Å². The van der Waals surface area contributed by atoms with Crippen LogP contribution in [0.4, 0.5) is 0 Å². The van der Waals surface area contributed by atoms with Gasteiger partial charge >= 0.3 is 5.97 Å². The third-order valence-corrected chi connectivity index (χ3v) is 3.24. The first kappa shape index (κ1) is 13.6. The van der Waals surface area contributed by atoms with E-state index in [-0.39, 0.29) is 12.5 Å². The number of nitrogens with two attached hydrogens (primary N) is 1. The van der Waals surface area contributed by atoms with Crippen molar-refractivity contribution in [2.75, 3.05) is 0 Å². The Hall–Kier alpha value is -1.87. The van der Waals surface area contributed by atoms with Crippen LogP contribution in [-0.4, -0.2) is 17.1 Å². The summed E-state index contributed by atoms with van der Waals surface area (Å²) in [5.41, 5.74) is 8.17. The first-order chi connectivity index (χ1) is 9.08. The average Bonchev–Trinajstić information content (AvgIpc) is 2.75. The van der Waals surface area contributed by atoms with Gasteiger partial charge in [0.2, 0.25) is 0 Å². The number of carboxylic acids is 1. The van der Waals surface area contributed by atoms with Crippen LogP contribution in [0.25, 0.3) is 10.8 Å². The van der Waals surface area contributed by atoms with Crippen molar-refractivity contribution in [1.29, 1.82) is 0 Å². The van der Waals surface area contributed by atoms with Gasteiger partial charge in [-0.25, -0.2) is 0 Å². The molecule has 0 saturated heterocycles. The highest BCUT2D eigenvalue weighted by Gasteiger charge is 2.11. The minimum absolute atomic E-state index is 0.0556. The molecule has 3 heteroatoms. The van der Waals surface area contributed by atoms with E-state index in [2.05, 4.69) is 36.4 Å². The standard InChI is InChI=1S/C12H10.C4H9NO2/c1-3-9-4-2-6-11-8-7-10(5-1)12(9)11;1-3(5)2-4(6)7/h1-6H,7-8H2;3H,2,5H2,1H3,(H,6,7). The van der Waals surface area contributed by atoms with Crippen molar-refractivity contribution >= 4 is 16.7 Å². The highest BCUT2D eigenvalue weighted by atomic mass is 16.4. The minimum Gasteiger partial charge on any atom is -0.481 e.